The van der Waals surface area contributed by atoms with Crippen LogP contribution >= 0.6 is 0 Å². The molecule has 0 bridgehead atoms. The molecule has 0 radical (unpaired) electrons. The molecule has 0 aliphatic heterocycles. The monoisotopic (exact) mass is 294 g/mol. The standard InChI is InChI=1S/C18H31FN2/c1-6-18(4,13-20-11-15(2)3)14-21(5)12-16-9-7-8-10-17(16)19/h7-10,15,20H,6,11-14H2,1-5H3. The third-order valence-corrected chi connectivity index (χ3v) is 4.01. The van der Waals surface area contributed by atoms with Crippen molar-refractivity contribution in [2.75, 3.05) is 26.7 Å². The van der Waals surface area contributed by atoms with Gasteiger partial charge in [0.25, 0.3) is 0 Å². The van der Waals surface area contributed by atoms with E-state index in [1.165, 1.54) is 6.07 Å². The van der Waals surface area contributed by atoms with Crippen LogP contribution in [-0.4, -0.2) is 31.6 Å². The summed E-state index contributed by atoms with van der Waals surface area (Å²) in [4.78, 5) is 2.22. The highest BCUT2D eigenvalue weighted by Gasteiger charge is 2.24. The second-order valence-corrected chi connectivity index (χ2v) is 6.95. The lowest BCUT2D eigenvalue weighted by Crippen LogP contribution is -2.41. The van der Waals surface area contributed by atoms with Crippen molar-refractivity contribution in [2.24, 2.45) is 11.3 Å². The number of hydrogen-bond acceptors (Lipinski definition) is 2. The summed E-state index contributed by atoms with van der Waals surface area (Å²) in [6.07, 6.45) is 1.11. The van der Waals surface area contributed by atoms with Crippen LogP contribution in [0.1, 0.15) is 39.7 Å². The van der Waals surface area contributed by atoms with Crippen LogP contribution < -0.4 is 5.32 Å². The zero-order valence-electron chi connectivity index (χ0n) is 14.2. The molecule has 0 spiro atoms. The maximum absolute atomic E-state index is 13.7. The molecule has 0 saturated heterocycles. The average Bonchev–Trinajstić information content (AvgIpc) is 2.41. The van der Waals surface area contributed by atoms with Gasteiger partial charge in [0.2, 0.25) is 0 Å². The van der Waals surface area contributed by atoms with Crippen molar-refractivity contribution in [3.05, 3.63) is 35.6 Å². The smallest absolute Gasteiger partial charge is 0.127 e. The summed E-state index contributed by atoms with van der Waals surface area (Å²) >= 11 is 0. The Morgan fingerprint density at radius 3 is 2.52 bits per heavy atom. The lowest BCUT2D eigenvalue weighted by Gasteiger charge is -2.33. The molecule has 1 rings (SSSR count). The Morgan fingerprint density at radius 2 is 1.95 bits per heavy atom. The maximum Gasteiger partial charge on any atom is 0.127 e. The van der Waals surface area contributed by atoms with E-state index in [4.69, 9.17) is 0 Å². The van der Waals surface area contributed by atoms with Gasteiger partial charge in [-0.25, -0.2) is 4.39 Å². The quantitative estimate of drug-likeness (QED) is 0.742. The van der Waals surface area contributed by atoms with Gasteiger partial charge in [0.15, 0.2) is 0 Å². The first-order valence-electron chi connectivity index (χ1n) is 7.99. The van der Waals surface area contributed by atoms with E-state index in [0.717, 1.165) is 31.6 Å². The van der Waals surface area contributed by atoms with Crippen LogP contribution in [-0.2, 0) is 6.54 Å². The van der Waals surface area contributed by atoms with Gasteiger partial charge >= 0.3 is 0 Å². The molecule has 120 valence electrons. The first kappa shape index (κ1) is 18.1. The molecule has 0 fully saturated rings. The Labute approximate surface area is 129 Å². The summed E-state index contributed by atoms with van der Waals surface area (Å²) in [6.45, 7) is 12.7. The molecular weight excluding hydrogens is 263 g/mol. The average molecular weight is 294 g/mol. The van der Waals surface area contributed by atoms with Crippen LogP contribution in [0.15, 0.2) is 24.3 Å². The third kappa shape index (κ3) is 6.58. The molecule has 0 aliphatic carbocycles. The van der Waals surface area contributed by atoms with Crippen molar-refractivity contribution in [1.29, 1.82) is 0 Å². The number of halogens is 1. The van der Waals surface area contributed by atoms with Gasteiger partial charge in [-0.3, -0.25) is 0 Å². The summed E-state index contributed by atoms with van der Waals surface area (Å²) in [7, 11) is 2.07. The molecule has 1 unspecified atom stereocenters. The normalized spacial score (nSPS) is 14.7. The molecule has 1 N–H and O–H groups in total. The van der Waals surface area contributed by atoms with Gasteiger partial charge in [0.05, 0.1) is 0 Å². The van der Waals surface area contributed by atoms with Crippen molar-refractivity contribution in [1.82, 2.24) is 10.2 Å². The fraction of sp³-hybridized carbons (Fsp3) is 0.667. The minimum absolute atomic E-state index is 0.111. The minimum atomic E-state index is -0.111. The number of benzene rings is 1. The number of nitrogens with one attached hydrogen (secondary N) is 1. The van der Waals surface area contributed by atoms with E-state index >= 15 is 0 Å². The zero-order valence-corrected chi connectivity index (χ0v) is 14.2. The van der Waals surface area contributed by atoms with Crippen LogP contribution in [0.5, 0.6) is 0 Å². The second-order valence-electron chi connectivity index (χ2n) is 6.95. The van der Waals surface area contributed by atoms with E-state index in [1.807, 2.05) is 12.1 Å². The van der Waals surface area contributed by atoms with Gasteiger partial charge in [0, 0.05) is 25.2 Å². The molecule has 2 nitrogen and oxygen atoms in total. The Kier molecular flexibility index (Phi) is 7.33. The molecule has 3 heteroatoms. The van der Waals surface area contributed by atoms with E-state index in [-0.39, 0.29) is 11.2 Å². The molecule has 21 heavy (non-hydrogen) atoms. The summed E-state index contributed by atoms with van der Waals surface area (Å²) < 4.78 is 13.7. The van der Waals surface area contributed by atoms with Gasteiger partial charge in [-0.2, -0.15) is 0 Å². The van der Waals surface area contributed by atoms with Crippen LogP contribution in [0.4, 0.5) is 4.39 Å². The molecular formula is C18H31FN2. The fourth-order valence-corrected chi connectivity index (χ4v) is 2.58. The summed E-state index contributed by atoms with van der Waals surface area (Å²) in [5.41, 5.74) is 0.989. The van der Waals surface area contributed by atoms with Crippen molar-refractivity contribution < 1.29 is 4.39 Å². The summed E-state index contributed by atoms with van der Waals surface area (Å²) in [6, 6.07) is 7.04. The number of nitrogens with zero attached hydrogens (tertiary/aromatic N) is 1. The fourth-order valence-electron chi connectivity index (χ4n) is 2.58. The molecule has 0 saturated carbocycles. The van der Waals surface area contributed by atoms with Crippen molar-refractivity contribution in [3.8, 4) is 0 Å². The summed E-state index contributed by atoms with van der Waals surface area (Å²) in [5, 5.41) is 3.56. The molecule has 0 aliphatic rings. The highest BCUT2D eigenvalue weighted by Crippen LogP contribution is 2.22. The van der Waals surface area contributed by atoms with E-state index in [9.17, 15) is 4.39 Å². The largest absolute Gasteiger partial charge is 0.316 e. The Hall–Kier alpha value is -0.930. The highest BCUT2D eigenvalue weighted by molar-refractivity contribution is 5.17. The van der Waals surface area contributed by atoms with E-state index in [1.54, 1.807) is 6.07 Å². The Balaban J connectivity index is 2.53. The third-order valence-electron chi connectivity index (χ3n) is 4.01. The summed E-state index contributed by atoms with van der Waals surface area (Å²) in [5.74, 6) is 0.558. The lowest BCUT2D eigenvalue weighted by molar-refractivity contribution is 0.172. The van der Waals surface area contributed by atoms with Crippen LogP contribution in [0.25, 0.3) is 0 Å². The predicted octanol–water partition coefficient (Wildman–Crippen LogP) is 3.92. The molecule has 1 aromatic carbocycles. The molecule has 0 amide bonds. The number of rotatable bonds is 9. The minimum Gasteiger partial charge on any atom is -0.316 e. The second kappa shape index (κ2) is 8.50. The van der Waals surface area contributed by atoms with E-state index in [0.29, 0.717) is 12.5 Å². The zero-order chi connectivity index (χ0) is 15.9. The molecule has 0 heterocycles. The van der Waals surface area contributed by atoms with Crippen LogP contribution in [0, 0.1) is 17.2 Å². The SMILES string of the molecule is CCC(C)(CNCC(C)C)CN(C)Cc1ccccc1F. The van der Waals surface area contributed by atoms with Gasteiger partial charge < -0.3 is 10.2 Å². The molecule has 1 atom stereocenters. The Morgan fingerprint density at radius 1 is 1.29 bits per heavy atom. The van der Waals surface area contributed by atoms with Gasteiger partial charge in [-0.05, 0) is 37.4 Å². The van der Waals surface area contributed by atoms with Gasteiger partial charge in [-0.1, -0.05) is 45.9 Å². The topological polar surface area (TPSA) is 15.3 Å². The van der Waals surface area contributed by atoms with E-state index in [2.05, 4.69) is 45.0 Å². The van der Waals surface area contributed by atoms with Crippen LogP contribution in [0.2, 0.25) is 0 Å². The molecule has 1 aromatic rings. The predicted molar refractivity (Wildman–Crippen MR) is 88.8 cm³/mol. The van der Waals surface area contributed by atoms with Crippen molar-refractivity contribution in [3.63, 3.8) is 0 Å². The number of hydrogen-bond donors (Lipinski definition) is 1. The lowest BCUT2D eigenvalue weighted by atomic mass is 9.86. The highest BCUT2D eigenvalue weighted by atomic mass is 19.1. The first-order chi connectivity index (χ1) is 9.86. The van der Waals surface area contributed by atoms with E-state index < -0.39 is 0 Å². The Bertz CT molecular complexity index is 419. The van der Waals surface area contributed by atoms with Crippen LogP contribution in [0.3, 0.4) is 0 Å². The van der Waals surface area contributed by atoms with Crippen molar-refractivity contribution in [2.45, 2.75) is 40.7 Å². The van der Waals surface area contributed by atoms with Gasteiger partial charge in [-0.15, -0.1) is 0 Å². The first-order valence-corrected chi connectivity index (χ1v) is 7.99. The van der Waals surface area contributed by atoms with Crippen molar-refractivity contribution >= 4 is 0 Å². The van der Waals surface area contributed by atoms with Gasteiger partial charge in [0.1, 0.15) is 5.82 Å². The maximum atomic E-state index is 13.7. The molecule has 0 aromatic heterocycles.